The maximum Gasteiger partial charge on any atom is 0.159 e. The van der Waals surface area contributed by atoms with Crippen molar-refractivity contribution in [3.05, 3.63) is 23.3 Å². The van der Waals surface area contributed by atoms with Crippen LogP contribution in [0.1, 0.15) is 210 Å². The van der Waals surface area contributed by atoms with Crippen molar-refractivity contribution in [3.63, 3.8) is 0 Å². The van der Waals surface area contributed by atoms with Crippen molar-refractivity contribution >= 4 is 0 Å². The van der Waals surface area contributed by atoms with E-state index in [4.69, 9.17) is 9.47 Å². The highest BCUT2D eigenvalue weighted by atomic mass is 16.7. The lowest BCUT2D eigenvalue weighted by Gasteiger charge is -2.58. The summed E-state index contributed by atoms with van der Waals surface area (Å²) in [5, 5.41) is 20.5. The van der Waals surface area contributed by atoms with E-state index in [9.17, 15) is 10.2 Å². The van der Waals surface area contributed by atoms with Crippen molar-refractivity contribution in [2.75, 3.05) is 13.7 Å². The molecule has 6 saturated carbocycles. The molecule has 8 aliphatic rings. The third kappa shape index (κ3) is 9.36. The van der Waals surface area contributed by atoms with Crippen molar-refractivity contribution in [2.24, 2.45) is 92.7 Å². The average molecular weight is 847 g/mol. The number of hydrogen-bond donors (Lipinski definition) is 2. The highest BCUT2D eigenvalue weighted by molar-refractivity contribution is 5.27. The van der Waals surface area contributed by atoms with Crippen LogP contribution in [-0.2, 0) is 9.47 Å². The fraction of sp³-hybridized carbons (Fsp3) is 0.930. The van der Waals surface area contributed by atoms with Gasteiger partial charge in [-0.05, 0) is 203 Å². The quantitative estimate of drug-likeness (QED) is 0.135. The Kier molecular flexibility index (Phi) is 15.5. The normalized spacial score (nSPS) is 44.7. The van der Waals surface area contributed by atoms with Gasteiger partial charge in [-0.3, -0.25) is 0 Å². The van der Waals surface area contributed by atoms with E-state index >= 15 is 0 Å². The Hall–Kier alpha value is -0.680. The third-order valence-corrected chi connectivity index (χ3v) is 21.5. The zero-order valence-electron chi connectivity index (χ0n) is 41.8. The van der Waals surface area contributed by atoms with Crippen LogP contribution in [-0.4, -0.2) is 42.4 Å². The summed E-state index contributed by atoms with van der Waals surface area (Å²) in [6, 6.07) is 0. The van der Waals surface area contributed by atoms with Crippen LogP contribution in [0.5, 0.6) is 0 Å². The van der Waals surface area contributed by atoms with Crippen molar-refractivity contribution in [1.82, 2.24) is 0 Å². The summed E-state index contributed by atoms with van der Waals surface area (Å²) in [6.45, 7) is 25.4. The summed E-state index contributed by atoms with van der Waals surface area (Å²) in [6.07, 6.45) is 33.5. The van der Waals surface area contributed by atoms with Gasteiger partial charge in [0.25, 0.3) is 0 Å². The third-order valence-electron chi connectivity index (χ3n) is 21.5. The number of allylic oxidation sites excluding steroid dienone is 2. The smallest absolute Gasteiger partial charge is 0.159 e. The SMILES string of the molecule is CC(C)CCC[C@@H](C)[C@H]1CC[C@H]2[C@@H]3CC=C4C[C@@H](O)CC[C@]4(C)[C@H]3CC[C@]12C.CCOC(OC)C(C)CCC[C@@H](C)[C@H]1CC[C@H]2[C@@H]3CC=C4C[C@@H](O)CC[C@]4(C)[C@H]3CC[C@]12C. The highest BCUT2D eigenvalue weighted by Gasteiger charge is 2.60. The first-order valence-corrected chi connectivity index (χ1v) is 26.9. The molecule has 6 fully saturated rings. The van der Waals surface area contributed by atoms with Crippen molar-refractivity contribution in [2.45, 2.75) is 229 Å². The second kappa shape index (κ2) is 19.7. The molecular formula is C57H98O4. The Morgan fingerprint density at radius 3 is 1.48 bits per heavy atom. The maximum atomic E-state index is 10.3. The molecule has 61 heavy (non-hydrogen) atoms. The summed E-state index contributed by atoms with van der Waals surface area (Å²) in [4.78, 5) is 0. The van der Waals surface area contributed by atoms with Gasteiger partial charge in [0.15, 0.2) is 6.29 Å². The van der Waals surface area contributed by atoms with Crippen molar-refractivity contribution in [1.29, 1.82) is 0 Å². The van der Waals surface area contributed by atoms with Crippen LogP contribution < -0.4 is 0 Å². The van der Waals surface area contributed by atoms with E-state index in [-0.39, 0.29) is 18.5 Å². The Balaban J connectivity index is 0.000000186. The first kappa shape index (κ1) is 48.3. The minimum Gasteiger partial charge on any atom is -0.393 e. The number of ether oxygens (including phenoxy) is 2. The molecule has 2 unspecified atom stereocenters. The van der Waals surface area contributed by atoms with Gasteiger partial charge in [0.1, 0.15) is 0 Å². The molecule has 0 radical (unpaired) electrons. The molecular weight excluding hydrogens is 749 g/mol. The van der Waals surface area contributed by atoms with E-state index in [1.54, 1.807) is 18.3 Å². The van der Waals surface area contributed by atoms with E-state index in [0.717, 1.165) is 97.4 Å². The highest BCUT2D eigenvalue weighted by Crippen LogP contribution is 2.69. The molecule has 0 aromatic heterocycles. The van der Waals surface area contributed by atoms with E-state index in [1.807, 2.05) is 6.92 Å². The minimum atomic E-state index is -0.0955. The monoisotopic (exact) mass is 847 g/mol. The number of methoxy groups -OCH3 is 1. The zero-order valence-corrected chi connectivity index (χ0v) is 41.8. The van der Waals surface area contributed by atoms with Crippen LogP contribution in [0.3, 0.4) is 0 Å². The first-order valence-electron chi connectivity index (χ1n) is 26.9. The van der Waals surface area contributed by atoms with Crippen LogP contribution in [0.25, 0.3) is 0 Å². The van der Waals surface area contributed by atoms with Gasteiger partial charge in [-0.1, -0.05) is 118 Å². The number of hydrogen-bond acceptors (Lipinski definition) is 4. The lowest BCUT2D eigenvalue weighted by atomic mass is 9.47. The van der Waals surface area contributed by atoms with Gasteiger partial charge < -0.3 is 19.7 Å². The van der Waals surface area contributed by atoms with Gasteiger partial charge in [-0.25, -0.2) is 0 Å². The van der Waals surface area contributed by atoms with Gasteiger partial charge in [-0.2, -0.15) is 0 Å². The Bertz CT molecular complexity index is 1500. The van der Waals surface area contributed by atoms with E-state index in [2.05, 4.69) is 74.5 Å². The summed E-state index contributed by atoms with van der Waals surface area (Å²) in [5.41, 5.74) is 5.10. The molecule has 0 aromatic rings. The fourth-order valence-corrected chi connectivity index (χ4v) is 18.0. The summed E-state index contributed by atoms with van der Waals surface area (Å²) >= 11 is 0. The molecule has 0 heterocycles. The van der Waals surface area contributed by atoms with Gasteiger partial charge in [0.05, 0.1) is 12.2 Å². The molecule has 0 spiro atoms. The second-order valence-electron chi connectivity index (χ2n) is 25.0. The predicted molar refractivity (Wildman–Crippen MR) is 255 cm³/mol. The van der Waals surface area contributed by atoms with Gasteiger partial charge in [0, 0.05) is 19.6 Å². The first-order chi connectivity index (χ1) is 29.0. The van der Waals surface area contributed by atoms with Crippen LogP contribution >= 0.6 is 0 Å². The van der Waals surface area contributed by atoms with Crippen molar-refractivity contribution < 1.29 is 19.7 Å². The molecule has 4 nitrogen and oxygen atoms in total. The van der Waals surface area contributed by atoms with E-state index < -0.39 is 0 Å². The summed E-state index contributed by atoms with van der Waals surface area (Å²) in [5.74, 6) is 10.2. The molecule has 0 amide bonds. The molecule has 4 heteroatoms. The van der Waals surface area contributed by atoms with Gasteiger partial charge in [0.2, 0.25) is 0 Å². The zero-order chi connectivity index (χ0) is 43.9. The molecule has 8 aliphatic carbocycles. The van der Waals surface area contributed by atoms with E-state index in [1.165, 1.54) is 116 Å². The summed E-state index contributed by atoms with van der Waals surface area (Å²) < 4.78 is 11.3. The second-order valence-corrected chi connectivity index (χ2v) is 25.0. The Morgan fingerprint density at radius 1 is 0.590 bits per heavy atom. The average Bonchev–Trinajstić information content (AvgIpc) is 3.77. The molecule has 8 rings (SSSR count). The molecule has 18 atom stereocenters. The lowest BCUT2D eigenvalue weighted by Crippen LogP contribution is -2.50. The Labute approximate surface area is 377 Å². The minimum absolute atomic E-state index is 0.0551. The predicted octanol–water partition coefficient (Wildman–Crippen LogP) is 14.8. The molecule has 0 aromatic carbocycles. The van der Waals surface area contributed by atoms with Crippen LogP contribution in [0, 0.1) is 92.7 Å². The molecule has 0 saturated heterocycles. The molecule has 2 N–H and O–H groups in total. The molecule has 0 bridgehead atoms. The molecule has 0 aliphatic heterocycles. The van der Waals surface area contributed by atoms with E-state index in [0.29, 0.717) is 27.6 Å². The molecule has 350 valence electrons. The standard InChI is InChI=1S/C30H52O3.C27H46O/c1-7-33-28(32-6)21(3)10-8-9-20(2)25-13-14-26-24-12-11-22-19-23(31)15-17-29(22,4)27(24)16-18-30(25,26)5;1-18(2)7-6-8-19(3)23-11-12-24-22-10-9-20-17-21(28)13-15-26(20,4)25(22)14-16-27(23,24)5/h11,20-21,23-28,31H,7-10,12-19H2,1-6H3;9,18-19,21-25,28H,6-8,10-17H2,1-5H3/t20-,21?,23+,24+,25-,26+,27+,28?,29+,30-;19-,21+,22+,23-,24+,25+,26+,27-/m11/s1. The number of fused-ring (bicyclic) bond motifs is 10. The largest absolute Gasteiger partial charge is 0.393 e. The number of aliphatic hydroxyl groups is 2. The number of aliphatic hydroxyl groups excluding tert-OH is 2. The Morgan fingerprint density at radius 2 is 1.05 bits per heavy atom. The number of rotatable bonds is 14. The van der Waals surface area contributed by atoms with Gasteiger partial charge >= 0.3 is 0 Å². The van der Waals surface area contributed by atoms with Crippen LogP contribution in [0.2, 0.25) is 0 Å². The van der Waals surface area contributed by atoms with Crippen LogP contribution in [0.15, 0.2) is 23.3 Å². The fourth-order valence-electron chi connectivity index (χ4n) is 18.0. The van der Waals surface area contributed by atoms with Crippen LogP contribution in [0.4, 0.5) is 0 Å². The van der Waals surface area contributed by atoms with Gasteiger partial charge in [-0.15, -0.1) is 0 Å². The topological polar surface area (TPSA) is 58.9 Å². The van der Waals surface area contributed by atoms with Crippen molar-refractivity contribution in [3.8, 4) is 0 Å². The summed E-state index contributed by atoms with van der Waals surface area (Å²) in [7, 11) is 1.77. The lowest BCUT2D eigenvalue weighted by molar-refractivity contribution is -0.150. The maximum absolute atomic E-state index is 10.3.